The molecule has 0 saturated carbocycles. The number of aryl methyl sites for hydroxylation is 1. The Balaban J connectivity index is 1.38. The lowest BCUT2D eigenvalue weighted by atomic mass is 9.95. The number of carbonyl (C=O) groups is 2. The fourth-order valence-corrected chi connectivity index (χ4v) is 3.65. The highest BCUT2D eigenvalue weighted by atomic mass is 16.5. The van der Waals surface area contributed by atoms with E-state index in [2.05, 4.69) is 5.32 Å². The molecule has 0 radical (unpaired) electrons. The lowest BCUT2D eigenvalue weighted by Gasteiger charge is -2.31. The second kappa shape index (κ2) is 10.1. The Bertz CT molecular complexity index is 807. The van der Waals surface area contributed by atoms with Gasteiger partial charge in [-0.15, -0.1) is 0 Å². The second-order valence-electron chi connectivity index (χ2n) is 7.71. The third-order valence-corrected chi connectivity index (χ3v) is 5.57. The minimum absolute atomic E-state index is 0.00528. The van der Waals surface area contributed by atoms with Crippen molar-refractivity contribution in [2.75, 3.05) is 26.7 Å². The minimum atomic E-state index is -0.00528. The van der Waals surface area contributed by atoms with Crippen molar-refractivity contribution < 1.29 is 14.3 Å². The summed E-state index contributed by atoms with van der Waals surface area (Å²) in [5.74, 6) is 1.08. The van der Waals surface area contributed by atoms with Gasteiger partial charge in [0.05, 0.1) is 13.5 Å². The van der Waals surface area contributed by atoms with Crippen LogP contribution in [0.25, 0.3) is 0 Å². The van der Waals surface area contributed by atoms with Crippen molar-refractivity contribution in [2.24, 2.45) is 5.92 Å². The van der Waals surface area contributed by atoms with Gasteiger partial charge in [0.2, 0.25) is 11.8 Å². The number of piperidine rings is 1. The van der Waals surface area contributed by atoms with Crippen LogP contribution in [0.1, 0.15) is 29.5 Å². The van der Waals surface area contributed by atoms with Gasteiger partial charge in [0, 0.05) is 25.6 Å². The van der Waals surface area contributed by atoms with Crippen LogP contribution in [0.5, 0.6) is 5.75 Å². The van der Waals surface area contributed by atoms with E-state index in [1.165, 1.54) is 11.1 Å². The van der Waals surface area contributed by atoms with E-state index in [0.717, 1.165) is 30.6 Å². The van der Waals surface area contributed by atoms with Crippen LogP contribution in [-0.2, 0) is 22.4 Å². The fraction of sp³-hybridized carbons (Fsp3) is 0.417. The molecule has 1 aliphatic rings. The van der Waals surface area contributed by atoms with Gasteiger partial charge in [-0.1, -0.05) is 42.0 Å². The highest BCUT2D eigenvalue weighted by Crippen LogP contribution is 2.19. The van der Waals surface area contributed by atoms with E-state index in [1.807, 2.05) is 60.4 Å². The summed E-state index contributed by atoms with van der Waals surface area (Å²) in [7, 11) is 1.65. The first-order chi connectivity index (χ1) is 14.0. The Kier molecular flexibility index (Phi) is 7.28. The van der Waals surface area contributed by atoms with E-state index in [1.54, 1.807) is 7.11 Å². The average molecular weight is 395 g/mol. The molecule has 5 nitrogen and oxygen atoms in total. The molecule has 1 saturated heterocycles. The summed E-state index contributed by atoms with van der Waals surface area (Å²) in [6, 6.07) is 16.0. The van der Waals surface area contributed by atoms with E-state index >= 15 is 0 Å². The number of carbonyl (C=O) groups excluding carboxylic acids is 2. The normalized spacial score (nSPS) is 14.5. The molecule has 1 heterocycles. The van der Waals surface area contributed by atoms with E-state index < -0.39 is 0 Å². The molecule has 3 rings (SSSR count). The molecule has 0 aromatic heterocycles. The van der Waals surface area contributed by atoms with Crippen molar-refractivity contribution in [1.82, 2.24) is 10.2 Å². The molecule has 1 aliphatic heterocycles. The Labute approximate surface area is 173 Å². The van der Waals surface area contributed by atoms with Gasteiger partial charge in [-0.2, -0.15) is 0 Å². The van der Waals surface area contributed by atoms with E-state index in [0.29, 0.717) is 26.1 Å². The van der Waals surface area contributed by atoms with Gasteiger partial charge in [0.25, 0.3) is 0 Å². The minimum Gasteiger partial charge on any atom is -0.497 e. The number of hydrogen-bond acceptors (Lipinski definition) is 3. The van der Waals surface area contributed by atoms with Crippen LogP contribution in [0.4, 0.5) is 0 Å². The topological polar surface area (TPSA) is 58.6 Å². The third-order valence-electron chi connectivity index (χ3n) is 5.57. The lowest BCUT2D eigenvalue weighted by molar-refractivity contribution is -0.135. The maximum atomic E-state index is 12.5. The molecular weight excluding hydrogens is 364 g/mol. The highest BCUT2D eigenvalue weighted by molar-refractivity contribution is 5.81. The highest BCUT2D eigenvalue weighted by Gasteiger charge is 2.27. The summed E-state index contributed by atoms with van der Waals surface area (Å²) in [6.45, 7) is 3.97. The Morgan fingerprint density at radius 2 is 1.62 bits per heavy atom. The number of ether oxygens (including phenoxy) is 1. The van der Waals surface area contributed by atoms with Crippen LogP contribution in [0.15, 0.2) is 48.5 Å². The van der Waals surface area contributed by atoms with Crippen LogP contribution >= 0.6 is 0 Å². The summed E-state index contributed by atoms with van der Waals surface area (Å²) in [5.41, 5.74) is 3.40. The first-order valence-electron chi connectivity index (χ1n) is 10.3. The number of nitrogens with zero attached hydrogens (tertiary/aromatic N) is 1. The third kappa shape index (κ3) is 6.08. The summed E-state index contributed by atoms with van der Waals surface area (Å²) in [6.07, 6.45) is 2.69. The first-order valence-corrected chi connectivity index (χ1v) is 10.3. The van der Waals surface area contributed by atoms with E-state index in [9.17, 15) is 9.59 Å². The largest absolute Gasteiger partial charge is 0.497 e. The zero-order valence-electron chi connectivity index (χ0n) is 17.3. The zero-order valence-corrected chi connectivity index (χ0v) is 17.3. The number of amides is 2. The molecule has 2 aromatic rings. The molecule has 1 N–H and O–H groups in total. The van der Waals surface area contributed by atoms with Gasteiger partial charge < -0.3 is 15.0 Å². The van der Waals surface area contributed by atoms with Crippen molar-refractivity contribution in [2.45, 2.75) is 32.6 Å². The summed E-state index contributed by atoms with van der Waals surface area (Å²) >= 11 is 0. The van der Waals surface area contributed by atoms with Crippen molar-refractivity contribution in [3.8, 4) is 5.75 Å². The molecule has 2 aromatic carbocycles. The molecule has 0 spiro atoms. The molecule has 0 atom stereocenters. The number of benzene rings is 2. The molecule has 1 fully saturated rings. The van der Waals surface area contributed by atoms with Crippen LogP contribution in [0.3, 0.4) is 0 Å². The van der Waals surface area contributed by atoms with Crippen molar-refractivity contribution >= 4 is 11.8 Å². The summed E-state index contributed by atoms with van der Waals surface area (Å²) in [4.78, 5) is 26.9. The van der Waals surface area contributed by atoms with Crippen molar-refractivity contribution in [1.29, 1.82) is 0 Å². The average Bonchev–Trinajstić information content (AvgIpc) is 2.76. The number of methoxy groups -OCH3 is 1. The van der Waals surface area contributed by atoms with E-state index in [-0.39, 0.29) is 17.7 Å². The molecule has 5 heteroatoms. The van der Waals surface area contributed by atoms with Gasteiger partial charge in [-0.3, -0.25) is 9.59 Å². The van der Waals surface area contributed by atoms with Gasteiger partial charge in [-0.05, 0) is 49.4 Å². The van der Waals surface area contributed by atoms with Gasteiger partial charge >= 0.3 is 0 Å². The maximum absolute atomic E-state index is 12.5. The van der Waals surface area contributed by atoms with Gasteiger partial charge in [-0.25, -0.2) is 0 Å². The van der Waals surface area contributed by atoms with Crippen molar-refractivity contribution in [3.63, 3.8) is 0 Å². The van der Waals surface area contributed by atoms with Crippen LogP contribution in [0, 0.1) is 12.8 Å². The second-order valence-corrected chi connectivity index (χ2v) is 7.71. The zero-order chi connectivity index (χ0) is 20.6. The molecule has 29 heavy (non-hydrogen) atoms. The first kappa shape index (κ1) is 20.9. The predicted molar refractivity (Wildman–Crippen MR) is 114 cm³/mol. The predicted octanol–water partition coefficient (Wildman–Crippen LogP) is 3.14. The van der Waals surface area contributed by atoms with Crippen LogP contribution in [-0.4, -0.2) is 43.5 Å². The smallest absolute Gasteiger partial charge is 0.226 e. The Morgan fingerprint density at radius 1 is 1.00 bits per heavy atom. The molecular formula is C24H30N2O3. The standard InChI is InChI=1S/C24H30N2O3/c1-18-3-5-20(6-4-18)17-23(27)26-15-12-21(13-16-26)24(28)25-14-11-19-7-9-22(29-2)10-8-19/h3-10,21H,11-17H2,1-2H3,(H,25,28). The Hall–Kier alpha value is -2.82. The summed E-state index contributed by atoms with van der Waals surface area (Å²) in [5, 5.41) is 3.04. The summed E-state index contributed by atoms with van der Waals surface area (Å²) < 4.78 is 5.16. The SMILES string of the molecule is COc1ccc(CCNC(=O)C2CCN(C(=O)Cc3ccc(C)cc3)CC2)cc1. The van der Waals surface area contributed by atoms with Crippen molar-refractivity contribution in [3.05, 3.63) is 65.2 Å². The Morgan fingerprint density at radius 3 is 2.24 bits per heavy atom. The maximum Gasteiger partial charge on any atom is 0.226 e. The number of rotatable bonds is 7. The molecule has 0 bridgehead atoms. The number of nitrogens with one attached hydrogen (secondary N) is 1. The molecule has 2 amide bonds. The van der Waals surface area contributed by atoms with Gasteiger partial charge in [0.1, 0.15) is 5.75 Å². The molecule has 0 aliphatic carbocycles. The molecule has 0 unspecified atom stereocenters. The van der Waals surface area contributed by atoms with Crippen LogP contribution in [0.2, 0.25) is 0 Å². The monoisotopic (exact) mass is 394 g/mol. The number of likely N-dealkylation sites (tertiary alicyclic amines) is 1. The quantitative estimate of drug-likeness (QED) is 0.785. The fourth-order valence-electron chi connectivity index (χ4n) is 3.65. The van der Waals surface area contributed by atoms with E-state index in [4.69, 9.17) is 4.74 Å². The molecule has 154 valence electrons. The lowest BCUT2D eigenvalue weighted by Crippen LogP contribution is -2.43. The van der Waals surface area contributed by atoms with Gasteiger partial charge in [0.15, 0.2) is 0 Å². The number of hydrogen-bond donors (Lipinski definition) is 1. The van der Waals surface area contributed by atoms with Crippen LogP contribution < -0.4 is 10.1 Å².